The fourth-order valence-electron chi connectivity index (χ4n) is 4.61. The first-order chi connectivity index (χ1) is 16.9. The molecule has 0 unspecified atom stereocenters. The Labute approximate surface area is 203 Å². The van der Waals surface area contributed by atoms with Gasteiger partial charge in [0.15, 0.2) is 0 Å². The van der Waals surface area contributed by atoms with Gasteiger partial charge in [-0.2, -0.15) is 0 Å². The molecule has 35 heavy (non-hydrogen) atoms. The van der Waals surface area contributed by atoms with Crippen LogP contribution in [0.25, 0.3) is 0 Å². The summed E-state index contributed by atoms with van der Waals surface area (Å²) in [6.45, 7) is 1.79. The van der Waals surface area contributed by atoms with Crippen molar-refractivity contribution in [3.63, 3.8) is 0 Å². The van der Waals surface area contributed by atoms with Gasteiger partial charge in [0.05, 0.1) is 18.6 Å². The van der Waals surface area contributed by atoms with Crippen LogP contribution in [0.15, 0.2) is 60.2 Å². The predicted molar refractivity (Wildman–Crippen MR) is 125 cm³/mol. The highest BCUT2D eigenvalue weighted by atomic mass is 19.1. The van der Waals surface area contributed by atoms with E-state index < -0.39 is 35.9 Å². The van der Waals surface area contributed by atoms with E-state index in [1.54, 1.807) is 31.2 Å². The van der Waals surface area contributed by atoms with Gasteiger partial charge in [0.1, 0.15) is 30.4 Å². The fourth-order valence-corrected chi connectivity index (χ4v) is 4.61. The van der Waals surface area contributed by atoms with Gasteiger partial charge in [0.2, 0.25) is 11.8 Å². The van der Waals surface area contributed by atoms with Crippen LogP contribution in [0.2, 0.25) is 0 Å². The summed E-state index contributed by atoms with van der Waals surface area (Å²) in [7, 11) is 0. The molecule has 0 bridgehead atoms. The summed E-state index contributed by atoms with van der Waals surface area (Å²) in [5, 5.41) is 23.3. The van der Waals surface area contributed by atoms with Crippen LogP contribution < -0.4 is 10.1 Å². The molecular formula is C26H29FN2O6. The summed E-state index contributed by atoms with van der Waals surface area (Å²) < 4.78 is 24.9. The quantitative estimate of drug-likeness (QED) is 0.498. The van der Waals surface area contributed by atoms with Gasteiger partial charge in [-0.1, -0.05) is 30.3 Å². The number of hydrogen-bond acceptors (Lipinski definition) is 6. The lowest BCUT2D eigenvalue weighted by atomic mass is 9.77. The summed E-state index contributed by atoms with van der Waals surface area (Å²) in [5.74, 6) is -1.17. The Morgan fingerprint density at radius 2 is 1.91 bits per heavy atom. The van der Waals surface area contributed by atoms with E-state index in [-0.39, 0.29) is 32.2 Å². The summed E-state index contributed by atoms with van der Waals surface area (Å²) in [5.41, 5.74) is 1.77. The molecule has 0 spiro atoms. The number of aliphatic hydroxyl groups excluding tert-OH is 2. The molecule has 4 rings (SSSR count). The highest BCUT2D eigenvalue weighted by Crippen LogP contribution is 2.47. The fraction of sp³-hybridized carbons (Fsp3) is 0.385. The highest BCUT2D eigenvalue weighted by Gasteiger charge is 2.50. The third-order valence-electron chi connectivity index (χ3n) is 6.25. The Morgan fingerprint density at radius 1 is 1.17 bits per heavy atom. The summed E-state index contributed by atoms with van der Waals surface area (Å²) >= 11 is 0. The minimum atomic E-state index is -1.15. The van der Waals surface area contributed by atoms with Crippen LogP contribution in [0.1, 0.15) is 24.0 Å². The van der Waals surface area contributed by atoms with E-state index in [0.29, 0.717) is 23.5 Å². The maximum absolute atomic E-state index is 13.5. The topological polar surface area (TPSA) is 108 Å². The van der Waals surface area contributed by atoms with E-state index in [1.807, 2.05) is 18.2 Å². The van der Waals surface area contributed by atoms with E-state index in [1.165, 1.54) is 17.0 Å². The van der Waals surface area contributed by atoms with Crippen LogP contribution in [0, 0.1) is 5.82 Å². The molecule has 0 saturated carbocycles. The molecule has 1 aliphatic carbocycles. The van der Waals surface area contributed by atoms with Gasteiger partial charge >= 0.3 is 0 Å². The summed E-state index contributed by atoms with van der Waals surface area (Å²) in [6.07, 6.45) is -0.349. The van der Waals surface area contributed by atoms with E-state index >= 15 is 0 Å². The first kappa shape index (κ1) is 24.8. The van der Waals surface area contributed by atoms with Crippen molar-refractivity contribution in [1.29, 1.82) is 0 Å². The summed E-state index contributed by atoms with van der Waals surface area (Å²) in [6, 6.07) is 12.1. The molecular weight excluding hydrogens is 455 g/mol. The van der Waals surface area contributed by atoms with Crippen molar-refractivity contribution in [2.45, 2.75) is 37.6 Å². The second-order valence-electron chi connectivity index (χ2n) is 8.47. The molecule has 9 heteroatoms. The Kier molecular flexibility index (Phi) is 7.80. The molecule has 2 aromatic rings. The third kappa shape index (κ3) is 5.22. The van der Waals surface area contributed by atoms with Gasteiger partial charge in [-0.05, 0) is 36.8 Å². The number of aliphatic hydroxyl groups is 2. The molecule has 4 atom stereocenters. The number of halogens is 1. The normalized spacial score (nSPS) is 22.5. The van der Waals surface area contributed by atoms with Crippen LogP contribution in [0.3, 0.4) is 0 Å². The van der Waals surface area contributed by atoms with Gasteiger partial charge in [-0.15, -0.1) is 0 Å². The number of carbonyl (C=O) groups is 2. The molecule has 2 aliphatic rings. The Balaban J connectivity index is 1.74. The molecule has 0 radical (unpaired) electrons. The number of rotatable bonds is 9. The first-order valence-electron chi connectivity index (χ1n) is 11.6. The van der Waals surface area contributed by atoms with E-state index in [4.69, 9.17) is 9.47 Å². The average molecular weight is 485 g/mol. The smallest absolute Gasteiger partial charge is 0.249 e. The molecule has 2 amide bonds. The van der Waals surface area contributed by atoms with Crippen molar-refractivity contribution in [2.75, 3.05) is 26.4 Å². The molecule has 186 valence electrons. The van der Waals surface area contributed by atoms with Crippen molar-refractivity contribution >= 4 is 11.8 Å². The number of ether oxygens (including phenoxy) is 2. The zero-order valence-corrected chi connectivity index (χ0v) is 19.4. The average Bonchev–Trinajstić information content (AvgIpc) is 3.26. The monoisotopic (exact) mass is 484 g/mol. The Bertz CT molecular complexity index is 1090. The molecule has 1 aliphatic heterocycles. The second kappa shape index (κ2) is 11.0. The van der Waals surface area contributed by atoms with Gasteiger partial charge in [-0.3, -0.25) is 9.59 Å². The van der Waals surface area contributed by atoms with E-state index in [9.17, 15) is 24.2 Å². The van der Waals surface area contributed by atoms with Crippen LogP contribution in [0.5, 0.6) is 5.75 Å². The standard InChI is InChI=1S/C26H29FN2O6/c1-2-34-15-22(31)29(14-16-7-9-17(27)10-8-16)20-13-19(26(33)28-11-12-30)23-18-5-3-4-6-21(18)35-25(23)24(20)32/h3-10,13,20,23-25,30,32H,2,11-12,14-15H2,1H3,(H,28,33)/t20-,23+,24+,25+/m1/s1. The van der Waals surface area contributed by atoms with Crippen LogP contribution in [-0.4, -0.2) is 71.5 Å². The van der Waals surface area contributed by atoms with Crippen LogP contribution >= 0.6 is 0 Å². The van der Waals surface area contributed by atoms with Gasteiger partial charge < -0.3 is 29.9 Å². The number of fused-ring (bicyclic) bond motifs is 3. The van der Waals surface area contributed by atoms with Crippen molar-refractivity contribution in [1.82, 2.24) is 10.2 Å². The molecule has 0 aromatic heterocycles. The SMILES string of the molecule is CCOCC(=O)N(Cc1ccc(F)cc1)[C@@H]1C=C(C(=O)NCCO)[C@@H]2c3ccccc3O[C@@H]2[C@H]1O. The van der Waals surface area contributed by atoms with E-state index in [0.717, 1.165) is 5.56 Å². The zero-order chi connectivity index (χ0) is 24.9. The van der Waals surface area contributed by atoms with Crippen molar-refractivity contribution in [2.24, 2.45) is 0 Å². The second-order valence-corrected chi connectivity index (χ2v) is 8.47. The first-order valence-corrected chi connectivity index (χ1v) is 11.6. The number of amides is 2. The number of carbonyl (C=O) groups excluding carboxylic acids is 2. The lowest BCUT2D eigenvalue weighted by Gasteiger charge is -2.40. The lowest BCUT2D eigenvalue weighted by Crippen LogP contribution is -2.56. The van der Waals surface area contributed by atoms with Crippen LogP contribution in [0.4, 0.5) is 4.39 Å². The largest absolute Gasteiger partial charge is 0.486 e. The van der Waals surface area contributed by atoms with Gasteiger partial charge in [0, 0.05) is 30.8 Å². The lowest BCUT2D eigenvalue weighted by molar-refractivity contribution is -0.142. The van der Waals surface area contributed by atoms with Crippen LogP contribution in [-0.2, 0) is 20.9 Å². The number of nitrogens with one attached hydrogen (secondary N) is 1. The number of benzene rings is 2. The van der Waals surface area contributed by atoms with Gasteiger partial charge in [0.25, 0.3) is 0 Å². The zero-order valence-electron chi connectivity index (χ0n) is 19.4. The number of nitrogens with zero attached hydrogens (tertiary/aromatic N) is 1. The maximum atomic E-state index is 13.5. The molecule has 8 nitrogen and oxygen atoms in total. The predicted octanol–water partition coefficient (Wildman–Crippen LogP) is 1.51. The minimum Gasteiger partial charge on any atom is -0.486 e. The van der Waals surface area contributed by atoms with Crippen molar-refractivity contribution in [3.05, 3.63) is 77.1 Å². The number of para-hydroxylation sites is 1. The Morgan fingerprint density at radius 3 is 2.63 bits per heavy atom. The van der Waals surface area contributed by atoms with E-state index in [2.05, 4.69) is 5.32 Å². The summed E-state index contributed by atoms with van der Waals surface area (Å²) in [4.78, 5) is 27.7. The van der Waals surface area contributed by atoms with Crippen molar-refractivity contribution < 1.29 is 33.7 Å². The minimum absolute atomic E-state index is 0.0614. The molecule has 0 fully saturated rings. The number of hydrogen-bond donors (Lipinski definition) is 3. The Hall–Kier alpha value is -3.27. The van der Waals surface area contributed by atoms with Gasteiger partial charge in [-0.25, -0.2) is 4.39 Å². The molecule has 1 heterocycles. The van der Waals surface area contributed by atoms with Crippen molar-refractivity contribution in [3.8, 4) is 5.75 Å². The molecule has 0 saturated heterocycles. The molecule has 2 aromatic carbocycles. The highest BCUT2D eigenvalue weighted by molar-refractivity contribution is 5.96. The molecule has 3 N–H and O–H groups in total. The third-order valence-corrected chi connectivity index (χ3v) is 6.25. The maximum Gasteiger partial charge on any atom is 0.249 e.